The van der Waals surface area contributed by atoms with Gasteiger partial charge in [-0.25, -0.2) is 9.59 Å². The molecule has 0 unspecified atom stereocenters. The first kappa shape index (κ1) is 22.0. The fourth-order valence-corrected chi connectivity index (χ4v) is 3.98. The smallest absolute Gasteiger partial charge is 0.336 e. The Balaban J connectivity index is 2.34. The average Bonchev–Trinajstić information content (AvgIpc) is 2.79. The van der Waals surface area contributed by atoms with Crippen LogP contribution in [0.5, 0.6) is 11.5 Å². The zero-order valence-electron chi connectivity index (χ0n) is 18.1. The Hall–Kier alpha value is -3.74. The van der Waals surface area contributed by atoms with Crippen molar-refractivity contribution >= 4 is 17.6 Å². The Kier molecular flexibility index (Phi) is 6.34. The van der Waals surface area contributed by atoms with E-state index < -0.39 is 17.9 Å². The summed E-state index contributed by atoms with van der Waals surface area (Å²) in [5, 5.41) is 10.0. The van der Waals surface area contributed by atoms with Crippen molar-refractivity contribution in [3.05, 3.63) is 76.6 Å². The topological polar surface area (TPSA) is 85.3 Å². The van der Waals surface area contributed by atoms with Gasteiger partial charge in [0.25, 0.3) is 0 Å². The molecule has 0 atom stereocenters. The summed E-state index contributed by atoms with van der Waals surface area (Å²) < 4.78 is 15.4. The first-order valence-electron chi connectivity index (χ1n) is 9.65. The molecule has 1 heterocycles. The Morgan fingerprint density at radius 1 is 0.871 bits per heavy atom. The zero-order valence-corrected chi connectivity index (χ0v) is 18.1. The summed E-state index contributed by atoms with van der Waals surface area (Å²) in [4.78, 5) is 27.8. The molecule has 0 bridgehead atoms. The van der Waals surface area contributed by atoms with Gasteiger partial charge in [0, 0.05) is 17.1 Å². The van der Waals surface area contributed by atoms with Gasteiger partial charge in [-0.2, -0.15) is 0 Å². The van der Waals surface area contributed by atoms with Crippen LogP contribution in [-0.4, -0.2) is 38.4 Å². The number of rotatable bonds is 5. The lowest BCUT2D eigenvalue weighted by atomic mass is 9.79. The number of carbonyl (C=O) groups excluding carboxylic acids is 2. The van der Waals surface area contributed by atoms with Crippen LogP contribution in [-0.2, 0) is 19.1 Å². The van der Waals surface area contributed by atoms with Gasteiger partial charge in [0.1, 0.15) is 0 Å². The highest BCUT2D eigenvalue weighted by Gasteiger charge is 2.41. The quantitative estimate of drug-likeness (QED) is 0.730. The number of allylic oxidation sites excluding steroid dienone is 2. The molecule has 0 aromatic heterocycles. The lowest BCUT2D eigenvalue weighted by Gasteiger charge is -2.37. The Morgan fingerprint density at radius 3 is 1.90 bits per heavy atom. The first-order chi connectivity index (χ1) is 14.8. The molecule has 2 aromatic rings. The Bertz CT molecular complexity index is 1030. The summed E-state index contributed by atoms with van der Waals surface area (Å²) in [6.07, 6.45) is 0. The van der Waals surface area contributed by atoms with Gasteiger partial charge in [-0.05, 0) is 43.7 Å². The normalized spacial score (nSPS) is 14.5. The van der Waals surface area contributed by atoms with E-state index in [2.05, 4.69) is 0 Å². The highest BCUT2D eigenvalue weighted by atomic mass is 16.5. The fourth-order valence-electron chi connectivity index (χ4n) is 3.98. The fraction of sp³-hybridized carbons (Fsp3) is 0.250. The Morgan fingerprint density at radius 2 is 1.42 bits per heavy atom. The minimum absolute atomic E-state index is 0.0476. The standard InChI is InChI=1S/C24H25NO6/c1-14-20(23(27)30-4)22(16-11-12-18(26)19(13-16)29-3)21(24(28)31-5)15(2)25(14)17-9-7-6-8-10-17/h6-13,22,26H,1-5H3. The third-order valence-electron chi connectivity index (χ3n) is 5.39. The molecule has 0 amide bonds. The summed E-state index contributed by atoms with van der Waals surface area (Å²) in [5.74, 6) is -1.72. The van der Waals surface area contributed by atoms with Crippen molar-refractivity contribution in [2.45, 2.75) is 19.8 Å². The van der Waals surface area contributed by atoms with Crippen LogP contribution in [0.2, 0.25) is 0 Å². The van der Waals surface area contributed by atoms with Crippen LogP contribution in [0.25, 0.3) is 0 Å². The van der Waals surface area contributed by atoms with Gasteiger partial charge < -0.3 is 24.2 Å². The van der Waals surface area contributed by atoms with E-state index in [1.807, 2.05) is 49.1 Å². The predicted octanol–water partition coefficient (Wildman–Crippen LogP) is 3.90. The average molecular weight is 423 g/mol. The van der Waals surface area contributed by atoms with Gasteiger partial charge in [-0.3, -0.25) is 0 Å². The number of anilines is 1. The maximum atomic E-state index is 13.0. The lowest BCUT2D eigenvalue weighted by molar-refractivity contribution is -0.137. The van der Waals surface area contributed by atoms with Crippen molar-refractivity contribution in [1.29, 1.82) is 0 Å². The lowest BCUT2D eigenvalue weighted by Crippen LogP contribution is -2.35. The van der Waals surface area contributed by atoms with Crippen molar-refractivity contribution in [3.8, 4) is 11.5 Å². The highest BCUT2D eigenvalue weighted by molar-refractivity contribution is 6.01. The van der Waals surface area contributed by atoms with E-state index in [0.29, 0.717) is 28.1 Å². The van der Waals surface area contributed by atoms with Crippen LogP contribution >= 0.6 is 0 Å². The summed E-state index contributed by atoms with van der Waals surface area (Å²) >= 11 is 0. The van der Waals surface area contributed by atoms with Gasteiger partial charge in [0.2, 0.25) is 0 Å². The van der Waals surface area contributed by atoms with Crippen LogP contribution in [0, 0.1) is 0 Å². The van der Waals surface area contributed by atoms with Crippen molar-refractivity contribution in [2.75, 3.05) is 26.2 Å². The summed E-state index contributed by atoms with van der Waals surface area (Å²) in [6, 6.07) is 14.1. The molecule has 0 saturated heterocycles. The van der Waals surface area contributed by atoms with Crippen molar-refractivity contribution in [1.82, 2.24) is 0 Å². The number of esters is 2. The third kappa shape index (κ3) is 3.86. The number of hydrogen-bond acceptors (Lipinski definition) is 7. The second kappa shape index (κ2) is 8.95. The monoisotopic (exact) mass is 423 g/mol. The van der Waals surface area contributed by atoms with Crippen LogP contribution < -0.4 is 9.64 Å². The molecule has 31 heavy (non-hydrogen) atoms. The molecule has 0 saturated carbocycles. The summed E-state index contributed by atoms with van der Waals surface area (Å²) in [6.45, 7) is 3.61. The van der Waals surface area contributed by atoms with E-state index in [0.717, 1.165) is 5.69 Å². The number of hydrogen-bond donors (Lipinski definition) is 1. The second-order valence-electron chi connectivity index (χ2n) is 7.02. The number of para-hydroxylation sites is 1. The number of carbonyl (C=O) groups is 2. The number of ether oxygens (including phenoxy) is 3. The van der Waals surface area contributed by atoms with Gasteiger partial charge in [-0.1, -0.05) is 24.3 Å². The first-order valence-corrected chi connectivity index (χ1v) is 9.65. The van der Waals surface area contributed by atoms with Gasteiger partial charge in [0.05, 0.1) is 38.4 Å². The summed E-state index contributed by atoms with van der Waals surface area (Å²) in [5.41, 5.74) is 3.22. The zero-order chi connectivity index (χ0) is 22.7. The number of methoxy groups -OCH3 is 3. The third-order valence-corrected chi connectivity index (χ3v) is 5.39. The molecule has 0 spiro atoms. The molecular formula is C24H25NO6. The van der Waals surface area contributed by atoms with Gasteiger partial charge >= 0.3 is 11.9 Å². The molecule has 0 aliphatic carbocycles. The van der Waals surface area contributed by atoms with Crippen molar-refractivity contribution in [3.63, 3.8) is 0 Å². The molecule has 1 aliphatic heterocycles. The molecule has 7 heteroatoms. The van der Waals surface area contributed by atoms with E-state index >= 15 is 0 Å². The summed E-state index contributed by atoms with van der Waals surface area (Å²) in [7, 11) is 4.03. The van der Waals surface area contributed by atoms with Crippen LogP contribution in [0.15, 0.2) is 71.1 Å². The highest BCUT2D eigenvalue weighted by Crippen LogP contribution is 2.45. The maximum absolute atomic E-state index is 13.0. The number of nitrogens with zero attached hydrogens (tertiary/aromatic N) is 1. The molecule has 162 valence electrons. The minimum Gasteiger partial charge on any atom is -0.504 e. The van der Waals surface area contributed by atoms with Crippen LogP contribution in [0.4, 0.5) is 5.69 Å². The molecular weight excluding hydrogens is 398 g/mol. The number of aromatic hydroxyl groups is 1. The van der Waals surface area contributed by atoms with E-state index in [4.69, 9.17) is 14.2 Å². The molecule has 1 N–H and O–H groups in total. The van der Waals surface area contributed by atoms with Crippen LogP contribution in [0.3, 0.4) is 0 Å². The maximum Gasteiger partial charge on any atom is 0.336 e. The van der Waals surface area contributed by atoms with E-state index in [1.54, 1.807) is 12.1 Å². The molecule has 2 aromatic carbocycles. The van der Waals surface area contributed by atoms with Gasteiger partial charge in [0.15, 0.2) is 11.5 Å². The van der Waals surface area contributed by atoms with Crippen molar-refractivity contribution < 1.29 is 28.9 Å². The predicted molar refractivity (Wildman–Crippen MR) is 116 cm³/mol. The SMILES string of the molecule is COC(=O)C1=C(C)N(c2ccccc2)C(C)=C(C(=O)OC)C1c1ccc(O)c(OC)c1. The Labute approximate surface area is 181 Å². The number of phenolic OH excluding ortho intramolecular Hbond substituents is 1. The van der Waals surface area contributed by atoms with Gasteiger partial charge in [-0.15, -0.1) is 0 Å². The molecule has 0 fully saturated rings. The largest absolute Gasteiger partial charge is 0.504 e. The second-order valence-corrected chi connectivity index (χ2v) is 7.02. The van der Waals surface area contributed by atoms with Crippen molar-refractivity contribution in [2.24, 2.45) is 0 Å². The number of phenols is 1. The van der Waals surface area contributed by atoms with E-state index in [-0.39, 0.29) is 11.5 Å². The minimum atomic E-state index is -0.769. The molecule has 7 nitrogen and oxygen atoms in total. The number of benzene rings is 2. The van der Waals surface area contributed by atoms with Crippen LogP contribution in [0.1, 0.15) is 25.3 Å². The molecule has 1 aliphatic rings. The van der Waals surface area contributed by atoms with E-state index in [1.165, 1.54) is 27.4 Å². The molecule has 0 radical (unpaired) electrons. The van der Waals surface area contributed by atoms with E-state index in [9.17, 15) is 14.7 Å². The molecule has 3 rings (SSSR count).